The smallest absolute Gasteiger partial charge is 0.319 e. The second-order valence-electron chi connectivity index (χ2n) is 5.55. The quantitative estimate of drug-likeness (QED) is 0.525. The second-order valence-corrected chi connectivity index (χ2v) is 5.55. The van der Waals surface area contributed by atoms with Gasteiger partial charge in [-0.1, -0.05) is 6.92 Å². The molecule has 3 amide bonds. The summed E-state index contributed by atoms with van der Waals surface area (Å²) < 4.78 is 0. The first-order valence-electron chi connectivity index (χ1n) is 7.78. The maximum atomic E-state index is 12.3. The Balaban J connectivity index is 2.76. The Labute approximate surface area is 141 Å². The molecular formula is C17H22N4O3. The number of ketones is 1. The zero-order valence-electron chi connectivity index (χ0n) is 14.1. The molecule has 0 aliphatic heterocycles. The van der Waals surface area contributed by atoms with Gasteiger partial charge in [0.15, 0.2) is 11.7 Å². The fourth-order valence-corrected chi connectivity index (χ4v) is 1.90. The van der Waals surface area contributed by atoms with Crippen LogP contribution < -0.4 is 16.0 Å². The van der Waals surface area contributed by atoms with Crippen molar-refractivity contribution in [2.45, 2.75) is 33.2 Å². The summed E-state index contributed by atoms with van der Waals surface area (Å²) >= 11 is 0. The molecule has 128 valence electrons. The molecule has 0 aromatic heterocycles. The van der Waals surface area contributed by atoms with E-state index in [2.05, 4.69) is 16.0 Å². The minimum Gasteiger partial charge on any atom is -0.355 e. The number of carbonyl (C=O) groups is 3. The maximum Gasteiger partial charge on any atom is 0.319 e. The zero-order chi connectivity index (χ0) is 18.1. The standard InChI is InChI=1S/C17H22N4O3/c1-4-9-19-16(23)14(10-18)15(22)12-5-7-13(8-6-12)21-17(24)20-11(2)3/h5-8,11,14H,4,9H2,1-3H3,(H,19,23)(H2,20,21,24). The van der Waals surface area contributed by atoms with E-state index in [1.54, 1.807) is 18.2 Å². The van der Waals surface area contributed by atoms with Crippen molar-refractivity contribution >= 4 is 23.4 Å². The molecule has 0 fully saturated rings. The van der Waals surface area contributed by atoms with Gasteiger partial charge in [0.1, 0.15) is 0 Å². The predicted octanol–water partition coefficient (Wildman–Crippen LogP) is 2.07. The van der Waals surface area contributed by atoms with E-state index in [0.29, 0.717) is 12.2 Å². The highest BCUT2D eigenvalue weighted by Gasteiger charge is 2.27. The number of carbonyl (C=O) groups excluding carboxylic acids is 3. The molecule has 1 unspecified atom stereocenters. The van der Waals surface area contributed by atoms with Crippen LogP contribution in [0.4, 0.5) is 10.5 Å². The molecular weight excluding hydrogens is 308 g/mol. The number of amides is 3. The number of nitriles is 1. The van der Waals surface area contributed by atoms with Gasteiger partial charge in [-0.25, -0.2) is 4.79 Å². The van der Waals surface area contributed by atoms with Gasteiger partial charge in [0, 0.05) is 23.8 Å². The zero-order valence-corrected chi connectivity index (χ0v) is 14.1. The Morgan fingerprint density at radius 3 is 2.29 bits per heavy atom. The lowest BCUT2D eigenvalue weighted by molar-refractivity contribution is -0.122. The Morgan fingerprint density at radius 1 is 1.17 bits per heavy atom. The van der Waals surface area contributed by atoms with Crippen LogP contribution in [0.5, 0.6) is 0 Å². The molecule has 0 saturated heterocycles. The molecule has 1 aromatic rings. The lowest BCUT2D eigenvalue weighted by atomic mass is 9.98. The summed E-state index contributed by atoms with van der Waals surface area (Å²) in [6.45, 7) is 5.97. The minimum atomic E-state index is -1.38. The Bertz CT molecular complexity index is 632. The van der Waals surface area contributed by atoms with Gasteiger partial charge in [0.05, 0.1) is 6.07 Å². The summed E-state index contributed by atoms with van der Waals surface area (Å²) in [5.74, 6) is -2.54. The summed E-state index contributed by atoms with van der Waals surface area (Å²) in [6, 6.07) is 7.44. The Hall–Kier alpha value is -2.88. The van der Waals surface area contributed by atoms with Crippen molar-refractivity contribution in [3.63, 3.8) is 0 Å². The van der Waals surface area contributed by atoms with Crippen molar-refractivity contribution in [2.24, 2.45) is 5.92 Å². The van der Waals surface area contributed by atoms with E-state index in [1.165, 1.54) is 12.1 Å². The van der Waals surface area contributed by atoms with E-state index < -0.39 is 17.6 Å². The minimum absolute atomic E-state index is 0.00358. The van der Waals surface area contributed by atoms with E-state index in [0.717, 1.165) is 6.42 Å². The number of hydrogen-bond donors (Lipinski definition) is 3. The SMILES string of the molecule is CCCNC(=O)C(C#N)C(=O)c1ccc(NC(=O)NC(C)C)cc1. The van der Waals surface area contributed by atoms with Gasteiger partial charge in [0.25, 0.3) is 0 Å². The molecule has 1 atom stereocenters. The van der Waals surface area contributed by atoms with E-state index in [4.69, 9.17) is 5.26 Å². The van der Waals surface area contributed by atoms with Crippen LogP contribution in [-0.2, 0) is 4.79 Å². The molecule has 3 N–H and O–H groups in total. The molecule has 0 spiro atoms. The van der Waals surface area contributed by atoms with Crippen molar-refractivity contribution in [1.82, 2.24) is 10.6 Å². The van der Waals surface area contributed by atoms with Gasteiger partial charge < -0.3 is 16.0 Å². The van der Waals surface area contributed by atoms with Crippen molar-refractivity contribution in [1.29, 1.82) is 5.26 Å². The number of nitrogens with one attached hydrogen (secondary N) is 3. The molecule has 7 heteroatoms. The number of rotatable bonds is 7. The number of benzene rings is 1. The van der Waals surface area contributed by atoms with Gasteiger partial charge in [0.2, 0.25) is 5.91 Å². The summed E-state index contributed by atoms with van der Waals surface area (Å²) in [5.41, 5.74) is 0.747. The second kappa shape index (κ2) is 9.30. The van der Waals surface area contributed by atoms with Crippen LogP contribution in [0, 0.1) is 17.2 Å². The predicted molar refractivity (Wildman–Crippen MR) is 90.5 cm³/mol. The van der Waals surface area contributed by atoms with Crippen LogP contribution in [0.1, 0.15) is 37.6 Å². The van der Waals surface area contributed by atoms with Crippen LogP contribution in [0.15, 0.2) is 24.3 Å². The number of Topliss-reactive ketones (excluding diaryl/α,β-unsaturated/α-hetero) is 1. The highest BCUT2D eigenvalue weighted by molar-refractivity contribution is 6.12. The molecule has 1 aromatic carbocycles. The van der Waals surface area contributed by atoms with Crippen LogP contribution in [0.2, 0.25) is 0 Å². The highest BCUT2D eigenvalue weighted by Crippen LogP contribution is 2.14. The number of anilines is 1. The summed E-state index contributed by atoms with van der Waals surface area (Å²) in [4.78, 5) is 35.7. The number of urea groups is 1. The van der Waals surface area contributed by atoms with E-state index in [-0.39, 0.29) is 17.6 Å². The van der Waals surface area contributed by atoms with Gasteiger partial charge in [-0.15, -0.1) is 0 Å². The first-order valence-corrected chi connectivity index (χ1v) is 7.78. The van der Waals surface area contributed by atoms with E-state index >= 15 is 0 Å². The third kappa shape index (κ3) is 5.72. The molecule has 24 heavy (non-hydrogen) atoms. The molecule has 0 heterocycles. The van der Waals surface area contributed by atoms with Crippen molar-refractivity contribution in [3.05, 3.63) is 29.8 Å². The van der Waals surface area contributed by atoms with Gasteiger partial charge in [-0.05, 0) is 44.5 Å². The number of nitrogens with zero attached hydrogens (tertiary/aromatic N) is 1. The van der Waals surface area contributed by atoms with Crippen molar-refractivity contribution < 1.29 is 14.4 Å². The Kier molecular flexibility index (Phi) is 7.43. The fraction of sp³-hybridized carbons (Fsp3) is 0.412. The molecule has 0 aliphatic rings. The average molecular weight is 330 g/mol. The Morgan fingerprint density at radius 2 is 1.79 bits per heavy atom. The van der Waals surface area contributed by atoms with Crippen LogP contribution >= 0.6 is 0 Å². The highest BCUT2D eigenvalue weighted by atomic mass is 16.2. The van der Waals surface area contributed by atoms with Crippen molar-refractivity contribution in [3.8, 4) is 6.07 Å². The third-order valence-corrected chi connectivity index (χ3v) is 3.05. The first-order chi connectivity index (χ1) is 11.4. The molecule has 0 radical (unpaired) electrons. The van der Waals surface area contributed by atoms with Crippen LogP contribution in [-0.4, -0.2) is 30.3 Å². The summed E-state index contributed by atoms with van der Waals surface area (Å²) in [7, 11) is 0. The molecule has 1 rings (SSSR count). The summed E-state index contributed by atoms with van der Waals surface area (Å²) in [6.07, 6.45) is 0.719. The maximum absolute atomic E-state index is 12.3. The van der Waals surface area contributed by atoms with Gasteiger partial charge in [-0.3, -0.25) is 9.59 Å². The molecule has 0 saturated carbocycles. The monoisotopic (exact) mass is 330 g/mol. The topological polar surface area (TPSA) is 111 Å². The summed E-state index contributed by atoms with van der Waals surface area (Å²) in [5, 5.41) is 16.9. The number of hydrogen-bond acceptors (Lipinski definition) is 4. The molecule has 0 aliphatic carbocycles. The third-order valence-electron chi connectivity index (χ3n) is 3.05. The van der Waals surface area contributed by atoms with Gasteiger partial charge >= 0.3 is 6.03 Å². The molecule has 7 nitrogen and oxygen atoms in total. The van der Waals surface area contributed by atoms with Crippen LogP contribution in [0.25, 0.3) is 0 Å². The largest absolute Gasteiger partial charge is 0.355 e. The molecule has 0 bridgehead atoms. The first kappa shape index (κ1) is 19.2. The normalized spacial score (nSPS) is 11.3. The van der Waals surface area contributed by atoms with E-state index in [9.17, 15) is 14.4 Å². The van der Waals surface area contributed by atoms with Gasteiger partial charge in [-0.2, -0.15) is 5.26 Å². The van der Waals surface area contributed by atoms with Crippen molar-refractivity contribution in [2.75, 3.05) is 11.9 Å². The fourth-order valence-electron chi connectivity index (χ4n) is 1.90. The lowest BCUT2D eigenvalue weighted by Gasteiger charge is -2.11. The average Bonchev–Trinajstić information content (AvgIpc) is 2.53. The van der Waals surface area contributed by atoms with Crippen LogP contribution in [0.3, 0.4) is 0 Å². The van der Waals surface area contributed by atoms with E-state index in [1.807, 2.05) is 20.8 Å². The lowest BCUT2D eigenvalue weighted by Crippen LogP contribution is -2.35.